The topological polar surface area (TPSA) is 108 Å². The maximum absolute atomic E-state index is 12.5. The van der Waals surface area contributed by atoms with Gasteiger partial charge in [0.25, 0.3) is 11.5 Å². The van der Waals surface area contributed by atoms with Crippen LogP contribution in [0.3, 0.4) is 0 Å². The summed E-state index contributed by atoms with van der Waals surface area (Å²) in [6.45, 7) is 0. The summed E-state index contributed by atoms with van der Waals surface area (Å²) in [5.41, 5.74) is 0.750. The number of nitrogens with one attached hydrogen (secondary N) is 2. The smallest absolute Gasteiger partial charge is 0.265 e. The van der Waals surface area contributed by atoms with Crippen LogP contribution < -0.4 is 10.9 Å². The number of aromatic nitrogens is 2. The number of nitrogens with zero attached hydrogens (tertiary/aromatic N) is 1. The van der Waals surface area contributed by atoms with Crippen molar-refractivity contribution in [3.63, 3.8) is 0 Å². The van der Waals surface area contributed by atoms with Crippen molar-refractivity contribution in [3.05, 3.63) is 77.0 Å². The van der Waals surface area contributed by atoms with E-state index in [0.717, 1.165) is 5.56 Å². The van der Waals surface area contributed by atoms with E-state index in [-0.39, 0.29) is 11.3 Å². The Morgan fingerprint density at radius 2 is 1.88 bits per heavy atom. The number of rotatable bonds is 3. The van der Waals surface area contributed by atoms with E-state index in [1.165, 1.54) is 6.39 Å². The second-order valence-corrected chi connectivity index (χ2v) is 5.62. The number of para-hydroxylation sites is 1. The van der Waals surface area contributed by atoms with Gasteiger partial charge in [-0.1, -0.05) is 12.1 Å². The third-order valence-electron chi connectivity index (χ3n) is 3.98. The van der Waals surface area contributed by atoms with Crippen molar-refractivity contribution in [2.45, 2.75) is 0 Å². The number of aromatic hydroxyl groups is 1. The lowest BCUT2D eigenvalue weighted by Crippen LogP contribution is -2.23. The van der Waals surface area contributed by atoms with Crippen molar-refractivity contribution in [2.75, 3.05) is 5.32 Å². The monoisotopic (exact) mass is 347 g/mol. The molecule has 0 unspecified atom stereocenters. The van der Waals surface area contributed by atoms with Gasteiger partial charge in [0.05, 0.1) is 11.7 Å². The number of carbonyl (C=O) groups is 1. The van der Waals surface area contributed by atoms with Crippen molar-refractivity contribution < 1.29 is 14.3 Å². The molecule has 0 bridgehead atoms. The van der Waals surface area contributed by atoms with E-state index in [1.807, 2.05) is 0 Å². The largest absolute Gasteiger partial charge is 0.506 e. The highest BCUT2D eigenvalue weighted by molar-refractivity contribution is 6.08. The Hall–Kier alpha value is -3.87. The number of benzene rings is 2. The zero-order valence-electron chi connectivity index (χ0n) is 13.4. The Balaban J connectivity index is 1.64. The average Bonchev–Trinajstić information content (AvgIpc) is 3.17. The average molecular weight is 347 g/mol. The van der Waals surface area contributed by atoms with Crippen molar-refractivity contribution in [2.24, 2.45) is 0 Å². The summed E-state index contributed by atoms with van der Waals surface area (Å²) in [7, 11) is 0. The first-order chi connectivity index (χ1) is 12.6. The van der Waals surface area contributed by atoms with Gasteiger partial charge in [-0.15, -0.1) is 0 Å². The van der Waals surface area contributed by atoms with Gasteiger partial charge in [-0.25, -0.2) is 4.98 Å². The van der Waals surface area contributed by atoms with E-state index in [0.29, 0.717) is 22.4 Å². The summed E-state index contributed by atoms with van der Waals surface area (Å²) < 4.78 is 5.21. The van der Waals surface area contributed by atoms with Crippen LogP contribution in [-0.2, 0) is 0 Å². The second-order valence-electron chi connectivity index (χ2n) is 5.62. The molecule has 0 radical (unpaired) electrons. The molecule has 26 heavy (non-hydrogen) atoms. The number of oxazole rings is 1. The molecule has 2 aromatic heterocycles. The predicted molar refractivity (Wildman–Crippen MR) is 96.1 cm³/mol. The quantitative estimate of drug-likeness (QED) is 0.527. The number of hydrogen-bond donors (Lipinski definition) is 3. The Morgan fingerprint density at radius 1 is 1.12 bits per heavy atom. The first kappa shape index (κ1) is 15.6. The number of anilines is 1. The lowest BCUT2D eigenvalue weighted by Gasteiger charge is -2.09. The fourth-order valence-corrected chi connectivity index (χ4v) is 2.71. The van der Waals surface area contributed by atoms with Crippen LogP contribution in [0.2, 0.25) is 0 Å². The number of fused-ring (bicyclic) bond motifs is 1. The van der Waals surface area contributed by atoms with Crippen molar-refractivity contribution in [1.82, 2.24) is 9.97 Å². The third-order valence-corrected chi connectivity index (χ3v) is 3.98. The van der Waals surface area contributed by atoms with E-state index >= 15 is 0 Å². The molecule has 0 aliphatic heterocycles. The van der Waals surface area contributed by atoms with Crippen LogP contribution in [0.4, 0.5) is 5.69 Å². The van der Waals surface area contributed by atoms with E-state index < -0.39 is 11.5 Å². The molecule has 4 rings (SSSR count). The maximum atomic E-state index is 12.5. The highest BCUT2D eigenvalue weighted by Crippen LogP contribution is 2.26. The number of carbonyl (C=O) groups excluding carboxylic acids is 1. The van der Waals surface area contributed by atoms with Gasteiger partial charge in [0.2, 0.25) is 0 Å². The number of aromatic amines is 1. The van der Waals surface area contributed by atoms with Crippen LogP contribution in [0.15, 0.2) is 70.3 Å². The normalized spacial score (nSPS) is 10.8. The molecule has 0 saturated heterocycles. The third kappa shape index (κ3) is 2.71. The number of hydrogen-bond acceptors (Lipinski definition) is 5. The summed E-state index contributed by atoms with van der Waals surface area (Å²) in [5.74, 6) is -0.437. The molecule has 7 heteroatoms. The predicted octanol–water partition coefficient (Wildman–Crippen LogP) is 3.14. The molecule has 7 nitrogen and oxygen atoms in total. The minimum atomic E-state index is -0.693. The standard InChI is InChI=1S/C19H13N3O4/c23-17-13-3-1-2-4-14(13)22-19(25)16(17)18(24)21-12-7-5-11(6-8-12)15-9-20-10-26-15/h1-10H,(H,21,24)(H2,22,23,25). The summed E-state index contributed by atoms with van der Waals surface area (Å²) in [6.07, 6.45) is 2.92. The van der Waals surface area contributed by atoms with Crippen LogP contribution in [-0.4, -0.2) is 21.0 Å². The molecule has 128 valence electrons. The van der Waals surface area contributed by atoms with Gasteiger partial charge in [0.1, 0.15) is 11.3 Å². The first-order valence-electron chi connectivity index (χ1n) is 7.78. The van der Waals surface area contributed by atoms with Crippen molar-refractivity contribution >= 4 is 22.5 Å². The molecule has 3 N–H and O–H groups in total. The van der Waals surface area contributed by atoms with Crippen LogP contribution in [0.25, 0.3) is 22.2 Å². The maximum Gasteiger partial charge on any atom is 0.265 e. The summed E-state index contributed by atoms with van der Waals surface area (Å²) >= 11 is 0. The summed E-state index contributed by atoms with van der Waals surface area (Å²) in [4.78, 5) is 31.1. The van der Waals surface area contributed by atoms with E-state index in [9.17, 15) is 14.7 Å². The van der Waals surface area contributed by atoms with Gasteiger partial charge >= 0.3 is 0 Å². The molecule has 0 saturated carbocycles. The minimum Gasteiger partial charge on any atom is -0.506 e. The molecule has 4 aromatic rings. The van der Waals surface area contributed by atoms with Crippen LogP contribution >= 0.6 is 0 Å². The van der Waals surface area contributed by atoms with Crippen molar-refractivity contribution in [1.29, 1.82) is 0 Å². The lowest BCUT2D eigenvalue weighted by molar-refractivity contribution is 0.102. The number of pyridine rings is 1. The minimum absolute atomic E-state index is 0.331. The van der Waals surface area contributed by atoms with Gasteiger partial charge in [-0.3, -0.25) is 9.59 Å². The molecular weight excluding hydrogens is 334 g/mol. The Bertz CT molecular complexity index is 1150. The Labute approximate surface area is 146 Å². The lowest BCUT2D eigenvalue weighted by atomic mass is 10.1. The molecular formula is C19H13N3O4. The zero-order valence-corrected chi connectivity index (χ0v) is 13.4. The van der Waals surface area contributed by atoms with Gasteiger partial charge in [0.15, 0.2) is 12.2 Å². The Morgan fingerprint density at radius 3 is 2.62 bits per heavy atom. The van der Waals surface area contributed by atoms with E-state index in [2.05, 4.69) is 15.3 Å². The summed E-state index contributed by atoms with van der Waals surface area (Å²) in [5, 5.41) is 13.4. The highest BCUT2D eigenvalue weighted by Gasteiger charge is 2.19. The molecule has 0 fully saturated rings. The Kier molecular flexibility index (Phi) is 3.74. The molecule has 0 spiro atoms. The van der Waals surface area contributed by atoms with Gasteiger partial charge < -0.3 is 19.8 Å². The van der Waals surface area contributed by atoms with Gasteiger partial charge in [-0.2, -0.15) is 0 Å². The van der Waals surface area contributed by atoms with Crippen LogP contribution in [0.5, 0.6) is 5.75 Å². The first-order valence-corrected chi connectivity index (χ1v) is 7.78. The number of amides is 1. The molecule has 0 atom stereocenters. The molecule has 0 aliphatic rings. The highest BCUT2D eigenvalue weighted by atomic mass is 16.3. The van der Waals surface area contributed by atoms with E-state index in [1.54, 1.807) is 54.7 Å². The summed E-state index contributed by atoms with van der Waals surface area (Å²) in [6, 6.07) is 13.6. The molecule has 0 aliphatic carbocycles. The van der Waals surface area contributed by atoms with Gasteiger partial charge in [-0.05, 0) is 36.4 Å². The second kappa shape index (κ2) is 6.21. The molecule has 2 heterocycles. The fourth-order valence-electron chi connectivity index (χ4n) is 2.71. The van der Waals surface area contributed by atoms with Crippen LogP contribution in [0, 0.1) is 0 Å². The van der Waals surface area contributed by atoms with Crippen molar-refractivity contribution in [3.8, 4) is 17.1 Å². The SMILES string of the molecule is O=C(Nc1ccc(-c2cnco2)cc1)c1c(O)c2ccccc2[nH]c1=O. The van der Waals surface area contributed by atoms with Crippen LogP contribution in [0.1, 0.15) is 10.4 Å². The fraction of sp³-hybridized carbons (Fsp3) is 0. The molecule has 2 aromatic carbocycles. The van der Waals surface area contributed by atoms with E-state index in [4.69, 9.17) is 4.42 Å². The van der Waals surface area contributed by atoms with Gasteiger partial charge in [0, 0.05) is 16.6 Å². The molecule has 1 amide bonds. The number of H-pyrrole nitrogens is 1. The zero-order chi connectivity index (χ0) is 18.1.